The fraction of sp³-hybridized carbons (Fsp3) is 0.533. The number of benzene rings is 1. The highest BCUT2D eigenvalue weighted by Gasteiger charge is 2.41. The second-order valence-electron chi connectivity index (χ2n) is 5.53. The molecule has 0 aromatic heterocycles. The monoisotopic (exact) mass is 317 g/mol. The molecule has 1 amide bonds. The van der Waals surface area contributed by atoms with Crippen molar-refractivity contribution in [2.75, 3.05) is 13.3 Å². The van der Waals surface area contributed by atoms with Gasteiger partial charge in [0.05, 0.1) is 0 Å². The summed E-state index contributed by atoms with van der Waals surface area (Å²) in [6, 6.07) is 2.78. The zero-order valence-electron chi connectivity index (χ0n) is 12.4. The molecular weight excluding hydrogens is 299 g/mol. The molecule has 0 saturated carbocycles. The molecule has 2 rings (SSSR count). The van der Waals surface area contributed by atoms with Crippen LogP contribution >= 0.6 is 0 Å². The maximum absolute atomic E-state index is 13.1. The molecule has 0 unspecified atom stereocenters. The minimum atomic E-state index is -4.55. The van der Waals surface area contributed by atoms with Gasteiger partial charge in [-0.15, -0.1) is 0 Å². The predicted octanol–water partition coefficient (Wildman–Crippen LogP) is 3.14. The van der Waals surface area contributed by atoms with Gasteiger partial charge in [0.15, 0.2) is 0 Å². The smallest absolute Gasteiger partial charge is 0.423 e. The first-order valence-electron chi connectivity index (χ1n) is 7.04. The molecule has 7 heteroatoms. The number of hydrogen-bond acceptors (Lipinski definition) is 3. The molecule has 1 aromatic rings. The van der Waals surface area contributed by atoms with E-state index in [2.05, 4.69) is 5.32 Å². The fourth-order valence-corrected chi connectivity index (χ4v) is 2.16. The van der Waals surface area contributed by atoms with Crippen LogP contribution in [0.15, 0.2) is 12.1 Å². The Morgan fingerprint density at radius 2 is 2.05 bits per heavy atom. The quantitative estimate of drug-likeness (QED) is 0.907. The van der Waals surface area contributed by atoms with Gasteiger partial charge >= 0.3 is 6.18 Å². The highest BCUT2D eigenvalue weighted by atomic mass is 19.4. The fourth-order valence-electron chi connectivity index (χ4n) is 2.16. The number of rotatable bonds is 5. The van der Waals surface area contributed by atoms with E-state index < -0.39 is 11.7 Å². The third-order valence-electron chi connectivity index (χ3n) is 3.23. The van der Waals surface area contributed by atoms with Crippen molar-refractivity contribution in [1.29, 1.82) is 0 Å². The van der Waals surface area contributed by atoms with Crippen LogP contribution in [0, 0.1) is 5.92 Å². The van der Waals surface area contributed by atoms with Crippen molar-refractivity contribution in [3.8, 4) is 11.5 Å². The highest BCUT2D eigenvalue weighted by molar-refractivity contribution is 5.76. The summed E-state index contributed by atoms with van der Waals surface area (Å²) in [6.45, 7) is 4.22. The first-order valence-corrected chi connectivity index (χ1v) is 7.04. The lowest BCUT2D eigenvalue weighted by Gasteiger charge is -2.25. The number of carbonyl (C=O) groups is 1. The molecule has 122 valence electrons. The molecule has 22 heavy (non-hydrogen) atoms. The van der Waals surface area contributed by atoms with Gasteiger partial charge in [0.25, 0.3) is 0 Å². The molecule has 0 spiro atoms. The zero-order valence-corrected chi connectivity index (χ0v) is 12.4. The molecule has 1 N–H and O–H groups in total. The van der Waals surface area contributed by atoms with E-state index in [-0.39, 0.29) is 37.0 Å². The largest absolute Gasteiger partial charge is 0.457 e. The van der Waals surface area contributed by atoms with Crippen LogP contribution < -0.4 is 14.8 Å². The maximum Gasteiger partial charge on any atom is 0.423 e. The second kappa shape index (κ2) is 6.46. The molecule has 0 aliphatic carbocycles. The standard InChI is InChI=1S/C15H18F3NO3/c1-9(2)7-19-12(20)6-4-10-3-5-11-13(15(16,17)18)14(10)22-8-21-11/h3,5,9H,4,6-8H2,1-2H3,(H,19,20). The van der Waals surface area contributed by atoms with Crippen molar-refractivity contribution >= 4 is 5.91 Å². The predicted molar refractivity (Wildman–Crippen MR) is 73.7 cm³/mol. The lowest BCUT2D eigenvalue weighted by molar-refractivity contribution is -0.144. The van der Waals surface area contributed by atoms with E-state index in [1.54, 1.807) is 0 Å². The summed E-state index contributed by atoms with van der Waals surface area (Å²) < 4.78 is 49.1. The average Bonchev–Trinajstić information content (AvgIpc) is 2.42. The summed E-state index contributed by atoms with van der Waals surface area (Å²) >= 11 is 0. The van der Waals surface area contributed by atoms with E-state index in [4.69, 9.17) is 9.47 Å². The van der Waals surface area contributed by atoms with Crippen LogP contribution in [0.1, 0.15) is 31.4 Å². The number of halogens is 3. The molecule has 1 aromatic carbocycles. The van der Waals surface area contributed by atoms with Gasteiger partial charge in [-0.1, -0.05) is 19.9 Å². The molecule has 0 radical (unpaired) electrons. The minimum Gasteiger partial charge on any atom is -0.457 e. The molecule has 4 nitrogen and oxygen atoms in total. The summed E-state index contributed by atoms with van der Waals surface area (Å²) in [6.07, 6.45) is -4.26. The second-order valence-corrected chi connectivity index (χ2v) is 5.53. The van der Waals surface area contributed by atoms with Crippen LogP contribution in [-0.4, -0.2) is 19.2 Å². The van der Waals surface area contributed by atoms with Crippen LogP contribution in [-0.2, 0) is 17.4 Å². The third-order valence-corrected chi connectivity index (χ3v) is 3.23. The van der Waals surface area contributed by atoms with E-state index in [0.29, 0.717) is 18.0 Å². The molecule has 0 saturated heterocycles. The first-order chi connectivity index (χ1) is 10.3. The van der Waals surface area contributed by atoms with Crippen LogP contribution in [0.3, 0.4) is 0 Å². The summed E-state index contributed by atoms with van der Waals surface area (Å²) in [5.74, 6) is -0.332. The van der Waals surface area contributed by atoms with Crippen molar-refractivity contribution in [2.24, 2.45) is 5.92 Å². The molecule has 1 aliphatic heterocycles. The molecule has 1 heterocycles. The van der Waals surface area contributed by atoms with E-state index in [1.165, 1.54) is 12.1 Å². The summed E-state index contributed by atoms with van der Waals surface area (Å²) in [5.41, 5.74) is -0.544. The van der Waals surface area contributed by atoms with Gasteiger partial charge in [-0.25, -0.2) is 0 Å². The van der Waals surface area contributed by atoms with Crippen LogP contribution in [0.4, 0.5) is 13.2 Å². The van der Waals surface area contributed by atoms with Gasteiger partial charge in [0.2, 0.25) is 12.7 Å². The number of alkyl halides is 3. The Balaban J connectivity index is 2.11. The topological polar surface area (TPSA) is 47.6 Å². The number of nitrogens with one attached hydrogen (secondary N) is 1. The van der Waals surface area contributed by atoms with Crippen molar-refractivity contribution in [2.45, 2.75) is 32.9 Å². The summed E-state index contributed by atoms with van der Waals surface area (Å²) in [7, 11) is 0. The SMILES string of the molecule is CC(C)CNC(=O)CCc1ccc2c(C(F)(F)F)c1OCO2. The van der Waals surface area contributed by atoms with Gasteiger partial charge in [0.1, 0.15) is 17.1 Å². The Morgan fingerprint density at radius 3 is 2.68 bits per heavy atom. The van der Waals surface area contributed by atoms with E-state index >= 15 is 0 Å². The number of carbonyl (C=O) groups excluding carboxylic acids is 1. The zero-order chi connectivity index (χ0) is 16.3. The van der Waals surface area contributed by atoms with Gasteiger partial charge in [-0.05, 0) is 24.0 Å². The van der Waals surface area contributed by atoms with Crippen molar-refractivity contribution in [3.05, 3.63) is 23.3 Å². The number of amides is 1. The van der Waals surface area contributed by atoms with Gasteiger partial charge in [0, 0.05) is 13.0 Å². The Kier molecular flexibility index (Phi) is 4.83. The normalized spacial score (nSPS) is 13.5. The van der Waals surface area contributed by atoms with Crippen molar-refractivity contribution in [3.63, 3.8) is 0 Å². The van der Waals surface area contributed by atoms with E-state index in [1.807, 2.05) is 13.8 Å². The molecule has 2 bridgehead atoms. The number of aryl methyl sites for hydroxylation is 1. The van der Waals surface area contributed by atoms with Gasteiger partial charge in [-0.3, -0.25) is 4.79 Å². The summed E-state index contributed by atoms with van der Waals surface area (Å²) in [5, 5.41) is 2.73. The third kappa shape index (κ3) is 3.84. The maximum atomic E-state index is 13.1. The van der Waals surface area contributed by atoms with Crippen LogP contribution in [0.2, 0.25) is 0 Å². The Labute approximate surface area is 126 Å². The molecule has 0 atom stereocenters. The lowest BCUT2D eigenvalue weighted by Crippen LogP contribution is -2.27. The number of hydrogen-bond donors (Lipinski definition) is 1. The van der Waals surface area contributed by atoms with E-state index in [0.717, 1.165) is 0 Å². The minimum absolute atomic E-state index is 0.112. The molecule has 0 fully saturated rings. The average molecular weight is 317 g/mol. The van der Waals surface area contributed by atoms with Gasteiger partial charge in [-0.2, -0.15) is 13.2 Å². The van der Waals surface area contributed by atoms with Crippen molar-refractivity contribution < 1.29 is 27.4 Å². The molecule has 1 aliphatic rings. The lowest BCUT2D eigenvalue weighted by atomic mass is 10.0. The number of fused-ring (bicyclic) bond motifs is 2. The Bertz CT molecular complexity index is 556. The number of ether oxygens (including phenoxy) is 2. The Morgan fingerprint density at radius 1 is 1.32 bits per heavy atom. The van der Waals surface area contributed by atoms with E-state index in [9.17, 15) is 18.0 Å². The van der Waals surface area contributed by atoms with Crippen LogP contribution in [0.25, 0.3) is 0 Å². The van der Waals surface area contributed by atoms with Gasteiger partial charge < -0.3 is 14.8 Å². The van der Waals surface area contributed by atoms with Crippen molar-refractivity contribution in [1.82, 2.24) is 5.32 Å². The van der Waals surface area contributed by atoms with Crippen LogP contribution in [0.5, 0.6) is 11.5 Å². The Hall–Kier alpha value is -1.92. The first kappa shape index (κ1) is 16.5. The highest BCUT2D eigenvalue weighted by Crippen LogP contribution is 2.46. The summed E-state index contributed by atoms with van der Waals surface area (Å²) in [4.78, 5) is 11.7. The molecular formula is C15H18F3NO3.